The standard InChI is InChI=1S/C46H31NO/c1-3-13-32(14-4-1)34-25-28-37(29-26-34)47(38-30-27-33-15-7-8-18-36(33)31-38)44-24-12-23-43-41-20-10-9-19-40(41)42-22-11-21-39(45(42)48-46(43)44)35-16-5-2-6-17-35/h1-31H. The summed E-state index contributed by atoms with van der Waals surface area (Å²) in [5.41, 5.74) is 12.1. The van der Waals surface area contributed by atoms with Crippen LogP contribution in [0.5, 0.6) is 11.5 Å². The zero-order valence-electron chi connectivity index (χ0n) is 26.3. The van der Waals surface area contributed by atoms with Gasteiger partial charge in [0.05, 0.1) is 5.69 Å². The van der Waals surface area contributed by atoms with Gasteiger partial charge in [-0.1, -0.05) is 158 Å². The van der Waals surface area contributed by atoms with Gasteiger partial charge in [-0.15, -0.1) is 0 Å². The highest BCUT2D eigenvalue weighted by Gasteiger charge is 2.28. The topological polar surface area (TPSA) is 12.5 Å². The minimum absolute atomic E-state index is 0.826. The molecule has 0 atom stereocenters. The predicted octanol–water partition coefficient (Wildman–Crippen LogP) is 13.1. The number of fused-ring (bicyclic) bond motifs is 6. The Bertz CT molecular complexity index is 2410. The van der Waals surface area contributed by atoms with E-state index in [0.717, 1.165) is 61.9 Å². The first kappa shape index (κ1) is 27.9. The third kappa shape index (κ3) is 4.83. The molecule has 0 aromatic heterocycles. The molecule has 1 aliphatic heterocycles. The van der Waals surface area contributed by atoms with Gasteiger partial charge >= 0.3 is 0 Å². The first-order valence-electron chi connectivity index (χ1n) is 16.4. The number of anilines is 3. The van der Waals surface area contributed by atoms with Gasteiger partial charge in [-0.05, 0) is 68.9 Å². The van der Waals surface area contributed by atoms with Crippen LogP contribution < -0.4 is 9.64 Å². The van der Waals surface area contributed by atoms with Gasteiger partial charge in [-0.25, -0.2) is 0 Å². The van der Waals surface area contributed by atoms with Crippen LogP contribution in [-0.4, -0.2) is 0 Å². The van der Waals surface area contributed by atoms with Crippen LogP contribution >= 0.6 is 0 Å². The van der Waals surface area contributed by atoms with Crippen LogP contribution in [0.25, 0.3) is 55.3 Å². The molecule has 48 heavy (non-hydrogen) atoms. The van der Waals surface area contributed by atoms with E-state index in [9.17, 15) is 0 Å². The largest absolute Gasteiger partial charge is 0.453 e. The van der Waals surface area contributed by atoms with Crippen molar-refractivity contribution in [1.29, 1.82) is 0 Å². The normalized spacial score (nSPS) is 11.5. The summed E-state index contributed by atoms with van der Waals surface area (Å²) < 4.78 is 7.26. The molecule has 0 fully saturated rings. The molecular weight excluding hydrogens is 583 g/mol. The van der Waals surface area contributed by atoms with E-state index in [2.05, 4.69) is 193 Å². The average molecular weight is 614 g/mol. The molecule has 2 nitrogen and oxygen atoms in total. The first-order chi connectivity index (χ1) is 23.8. The molecule has 0 saturated heterocycles. The second kappa shape index (κ2) is 11.8. The Kier molecular flexibility index (Phi) is 6.84. The molecule has 0 saturated carbocycles. The zero-order chi connectivity index (χ0) is 31.9. The lowest BCUT2D eigenvalue weighted by atomic mass is 9.92. The van der Waals surface area contributed by atoms with Crippen LogP contribution in [0.2, 0.25) is 0 Å². The second-order valence-corrected chi connectivity index (χ2v) is 12.1. The van der Waals surface area contributed by atoms with Gasteiger partial charge in [0, 0.05) is 28.1 Å². The van der Waals surface area contributed by atoms with Crippen LogP contribution in [0.3, 0.4) is 0 Å². The van der Waals surface area contributed by atoms with Gasteiger partial charge in [0.2, 0.25) is 0 Å². The van der Waals surface area contributed by atoms with Crippen molar-refractivity contribution in [3.05, 3.63) is 188 Å². The summed E-state index contributed by atoms with van der Waals surface area (Å²) in [6.45, 7) is 0. The molecule has 0 bridgehead atoms. The van der Waals surface area contributed by atoms with Gasteiger partial charge in [0.15, 0.2) is 5.75 Å². The molecule has 8 aromatic rings. The molecule has 226 valence electrons. The Morgan fingerprint density at radius 2 is 0.833 bits per heavy atom. The van der Waals surface area contributed by atoms with Crippen LogP contribution in [0, 0.1) is 0 Å². The van der Waals surface area contributed by atoms with Crippen molar-refractivity contribution >= 4 is 27.8 Å². The van der Waals surface area contributed by atoms with Crippen molar-refractivity contribution in [3.63, 3.8) is 0 Å². The van der Waals surface area contributed by atoms with Gasteiger partial charge < -0.3 is 9.64 Å². The summed E-state index contributed by atoms with van der Waals surface area (Å²) >= 11 is 0. The highest BCUT2D eigenvalue weighted by molar-refractivity contribution is 5.98. The van der Waals surface area contributed by atoms with Crippen molar-refractivity contribution < 1.29 is 4.74 Å². The number of hydrogen-bond donors (Lipinski definition) is 0. The predicted molar refractivity (Wildman–Crippen MR) is 200 cm³/mol. The van der Waals surface area contributed by atoms with E-state index >= 15 is 0 Å². The van der Waals surface area contributed by atoms with Crippen LogP contribution in [0.1, 0.15) is 0 Å². The van der Waals surface area contributed by atoms with E-state index in [4.69, 9.17) is 4.74 Å². The lowest BCUT2D eigenvalue weighted by molar-refractivity contribution is 0.490. The molecule has 0 amide bonds. The van der Waals surface area contributed by atoms with Crippen molar-refractivity contribution in [2.45, 2.75) is 0 Å². The van der Waals surface area contributed by atoms with Crippen LogP contribution in [-0.2, 0) is 0 Å². The summed E-state index contributed by atoms with van der Waals surface area (Å²) in [6.07, 6.45) is 0. The molecule has 1 aliphatic rings. The van der Waals surface area contributed by atoms with Crippen molar-refractivity contribution in [2.75, 3.05) is 4.90 Å². The SMILES string of the molecule is c1ccc(-c2ccc(N(c3ccc4ccccc4c3)c3cccc4c3Oc3c(-c5ccccc5)cccc3-c3ccccc3-4)cc2)cc1. The summed E-state index contributed by atoms with van der Waals surface area (Å²) in [7, 11) is 0. The summed E-state index contributed by atoms with van der Waals surface area (Å²) in [5, 5.41) is 2.39. The number of benzene rings is 8. The average Bonchev–Trinajstić information content (AvgIpc) is 3.31. The van der Waals surface area contributed by atoms with E-state index in [1.54, 1.807) is 0 Å². The van der Waals surface area contributed by atoms with E-state index in [1.807, 2.05) is 0 Å². The molecule has 0 N–H and O–H groups in total. The van der Waals surface area contributed by atoms with Gasteiger partial charge in [0.25, 0.3) is 0 Å². The fraction of sp³-hybridized carbons (Fsp3) is 0. The molecule has 0 aliphatic carbocycles. The van der Waals surface area contributed by atoms with E-state index < -0.39 is 0 Å². The highest BCUT2D eigenvalue weighted by atomic mass is 16.5. The Balaban J connectivity index is 1.29. The summed E-state index contributed by atoms with van der Waals surface area (Å²) in [6, 6.07) is 66.7. The fourth-order valence-corrected chi connectivity index (χ4v) is 6.96. The maximum absolute atomic E-state index is 7.26. The maximum Gasteiger partial charge on any atom is 0.159 e. The Labute approximate surface area is 280 Å². The van der Waals surface area contributed by atoms with Gasteiger partial charge in [0.1, 0.15) is 5.75 Å². The summed E-state index contributed by atoms with van der Waals surface area (Å²) in [4.78, 5) is 2.33. The lowest BCUT2D eigenvalue weighted by Crippen LogP contribution is -2.11. The quantitative estimate of drug-likeness (QED) is 0.191. The Hall–Kier alpha value is -6.38. The minimum Gasteiger partial charge on any atom is -0.453 e. The first-order valence-corrected chi connectivity index (χ1v) is 16.4. The minimum atomic E-state index is 0.826. The number of nitrogens with zero attached hydrogens (tertiary/aromatic N) is 1. The van der Waals surface area contributed by atoms with E-state index in [0.29, 0.717) is 0 Å². The number of para-hydroxylation sites is 2. The Morgan fingerprint density at radius 3 is 1.56 bits per heavy atom. The van der Waals surface area contributed by atoms with Crippen molar-refractivity contribution in [1.82, 2.24) is 0 Å². The zero-order valence-corrected chi connectivity index (χ0v) is 26.3. The molecule has 0 unspecified atom stereocenters. The third-order valence-electron chi connectivity index (χ3n) is 9.27. The fourth-order valence-electron chi connectivity index (χ4n) is 6.96. The second-order valence-electron chi connectivity index (χ2n) is 12.1. The monoisotopic (exact) mass is 613 g/mol. The highest BCUT2D eigenvalue weighted by Crippen LogP contribution is 2.54. The molecule has 0 spiro atoms. The molecule has 0 radical (unpaired) electrons. The van der Waals surface area contributed by atoms with E-state index in [-0.39, 0.29) is 0 Å². The summed E-state index contributed by atoms with van der Waals surface area (Å²) in [5.74, 6) is 1.69. The van der Waals surface area contributed by atoms with Crippen molar-refractivity contribution in [2.24, 2.45) is 0 Å². The van der Waals surface area contributed by atoms with Crippen molar-refractivity contribution in [3.8, 4) is 56.0 Å². The van der Waals surface area contributed by atoms with Gasteiger partial charge in [-0.2, -0.15) is 0 Å². The molecule has 1 heterocycles. The molecule has 8 aromatic carbocycles. The van der Waals surface area contributed by atoms with Gasteiger partial charge in [-0.3, -0.25) is 0 Å². The van der Waals surface area contributed by atoms with Crippen LogP contribution in [0.15, 0.2) is 188 Å². The maximum atomic E-state index is 7.26. The third-order valence-corrected chi connectivity index (χ3v) is 9.27. The number of rotatable bonds is 5. The molecule has 9 rings (SSSR count). The Morgan fingerprint density at radius 1 is 0.312 bits per heavy atom. The smallest absolute Gasteiger partial charge is 0.159 e. The number of ether oxygens (including phenoxy) is 1. The van der Waals surface area contributed by atoms with E-state index in [1.165, 1.54) is 21.9 Å². The molecule has 2 heteroatoms. The molecular formula is C46H31NO. The number of hydrogen-bond acceptors (Lipinski definition) is 2. The lowest BCUT2D eigenvalue weighted by Gasteiger charge is -2.29. The van der Waals surface area contributed by atoms with Crippen LogP contribution in [0.4, 0.5) is 17.1 Å².